The maximum atomic E-state index is 12.1. The number of nitrogens with two attached hydrogens (primary N) is 1. The van der Waals surface area contributed by atoms with Crippen LogP contribution in [0.25, 0.3) is 0 Å². The van der Waals surface area contributed by atoms with Crippen molar-refractivity contribution >= 4 is 0 Å². The van der Waals surface area contributed by atoms with Gasteiger partial charge < -0.3 is 5.73 Å². The van der Waals surface area contributed by atoms with Gasteiger partial charge in [0.15, 0.2) is 0 Å². The van der Waals surface area contributed by atoms with E-state index in [0.29, 0.717) is 6.42 Å². The first-order valence-corrected chi connectivity index (χ1v) is 3.99. The molecule has 0 aromatic rings. The molecule has 1 aliphatic rings. The van der Waals surface area contributed by atoms with E-state index in [1.807, 2.05) is 6.92 Å². The molecule has 1 fully saturated rings. The van der Waals surface area contributed by atoms with Gasteiger partial charge in [0.25, 0.3) is 0 Å². The smallest absolute Gasteiger partial charge is 0.316 e. The van der Waals surface area contributed by atoms with Crippen molar-refractivity contribution in [2.24, 2.45) is 11.7 Å². The summed E-state index contributed by atoms with van der Waals surface area (Å²) in [5.41, 5.74) is 5.45. The van der Waals surface area contributed by atoms with Crippen LogP contribution in [0.15, 0.2) is 0 Å². The molecule has 2 nitrogen and oxygen atoms in total. The second-order valence-corrected chi connectivity index (χ2v) is 3.34. The number of hydrogen-bond acceptors (Lipinski definition) is 2. The standard InChI is InChI=1S/C7H13F3N2/c1-4-2-3-5(7(8,9)10)12-6(4)11/h4-6,12H,2-3,11H2,1H3. The predicted octanol–water partition coefficient (Wildman–Crippen LogP) is 1.22. The molecular weight excluding hydrogens is 169 g/mol. The van der Waals surface area contributed by atoms with E-state index in [4.69, 9.17) is 5.73 Å². The highest BCUT2D eigenvalue weighted by molar-refractivity contribution is 4.85. The summed E-state index contributed by atoms with van der Waals surface area (Å²) in [5.74, 6) is 0.128. The third-order valence-corrected chi connectivity index (χ3v) is 2.31. The van der Waals surface area contributed by atoms with E-state index in [2.05, 4.69) is 5.32 Å². The van der Waals surface area contributed by atoms with Crippen molar-refractivity contribution in [2.75, 3.05) is 0 Å². The van der Waals surface area contributed by atoms with Crippen molar-refractivity contribution in [3.05, 3.63) is 0 Å². The summed E-state index contributed by atoms with van der Waals surface area (Å²) in [4.78, 5) is 0. The third kappa shape index (κ3) is 2.10. The first kappa shape index (κ1) is 9.80. The molecule has 3 N–H and O–H groups in total. The monoisotopic (exact) mass is 182 g/mol. The van der Waals surface area contributed by atoms with Crippen LogP contribution in [-0.2, 0) is 0 Å². The van der Waals surface area contributed by atoms with Crippen molar-refractivity contribution in [2.45, 2.75) is 38.1 Å². The van der Waals surface area contributed by atoms with Crippen LogP contribution in [0, 0.1) is 5.92 Å². The molecule has 1 heterocycles. The zero-order valence-electron chi connectivity index (χ0n) is 6.86. The van der Waals surface area contributed by atoms with Gasteiger partial charge in [-0.1, -0.05) is 6.92 Å². The Balaban J connectivity index is 2.51. The number of piperidine rings is 1. The Morgan fingerprint density at radius 1 is 1.33 bits per heavy atom. The second kappa shape index (κ2) is 3.22. The molecule has 72 valence electrons. The van der Waals surface area contributed by atoms with Crippen LogP contribution in [0.3, 0.4) is 0 Å². The van der Waals surface area contributed by atoms with Crippen LogP contribution in [0.1, 0.15) is 19.8 Å². The predicted molar refractivity (Wildman–Crippen MR) is 39.4 cm³/mol. The molecule has 1 rings (SSSR count). The SMILES string of the molecule is CC1CCC(C(F)(F)F)NC1N. The Labute approximate surface area is 69.3 Å². The fourth-order valence-corrected chi connectivity index (χ4v) is 1.35. The summed E-state index contributed by atoms with van der Waals surface area (Å²) in [5, 5.41) is 2.36. The highest BCUT2D eigenvalue weighted by Crippen LogP contribution is 2.28. The molecular formula is C7H13F3N2. The molecule has 0 aliphatic carbocycles. The van der Waals surface area contributed by atoms with Crippen LogP contribution in [0.4, 0.5) is 13.2 Å². The normalized spacial score (nSPS) is 38.2. The molecule has 0 spiro atoms. The van der Waals surface area contributed by atoms with Gasteiger partial charge in [-0.25, -0.2) is 0 Å². The van der Waals surface area contributed by atoms with E-state index in [9.17, 15) is 13.2 Å². The molecule has 0 aromatic carbocycles. The van der Waals surface area contributed by atoms with Gasteiger partial charge in [0.2, 0.25) is 0 Å². The zero-order valence-corrected chi connectivity index (χ0v) is 6.86. The topological polar surface area (TPSA) is 38.0 Å². The lowest BCUT2D eigenvalue weighted by Crippen LogP contribution is -2.56. The van der Waals surface area contributed by atoms with Gasteiger partial charge in [0.05, 0.1) is 6.17 Å². The summed E-state index contributed by atoms with van der Waals surface area (Å²) in [6.07, 6.45) is -4.00. The summed E-state index contributed by atoms with van der Waals surface area (Å²) in [7, 11) is 0. The van der Waals surface area contributed by atoms with Crippen LogP contribution in [0.2, 0.25) is 0 Å². The summed E-state index contributed by atoms with van der Waals surface area (Å²) >= 11 is 0. The zero-order chi connectivity index (χ0) is 9.35. The number of hydrogen-bond donors (Lipinski definition) is 2. The van der Waals surface area contributed by atoms with Gasteiger partial charge >= 0.3 is 6.18 Å². The molecule has 12 heavy (non-hydrogen) atoms. The quantitative estimate of drug-likeness (QED) is 0.591. The molecule has 3 atom stereocenters. The van der Waals surface area contributed by atoms with E-state index in [-0.39, 0.29) is 12.3 Å². The number of halogens is 3. The van der Waals surface area contributed by atoms with E-state index < -0.39 is 18.4 Å². The van der Waals surface area contributed by atoms with Crippen molar-refractivity contribution in [1.82, 2.24) is 5.32 Å². The fourth-order valence-electron chi connectivity index (χ4n) is 1.35. The highest BCUT2D eigenvalue weighted by Gasteiger charge is 2.42. The van der Waals surface area contributed by atoms with Crippen LogP contribution in [-0.4, -0.2) is 18.4 Å². The lowest BCUT2D eigenvalue weighted by Gasteiger charge is -2.34. The van der Waals surface area contributed by atoms with Gasteiger partial charge in [-0.2, -0.15) is 13.2 Å². The Bertz CT molecular complexity index is 157. The van der Waals surface area contributed by atoms with E-state index >= 15 is 0 Å². The van der Waals surface area contributed by atoms with E-state index in [1.54, 1.807) is 0 Å². The molecule has 0 aromatic heterocycles. The van der Waals surface area contributed by atoms with Gasteiger partial charge in [0, 0.05) is 0 Å². The first-order chi connectivity index (χ1) is 5.41. The minimum atomic E-state index is -4.16. The molecule has 0 amide bonds. The van der Waals surface area contributed by atoms with Gasteiger partial charge in [0.1, 0.15) is 6.04 Å². The molecule has 0 bridgehead atoms. The van der Waals surface area contributed by atoms with Crippen molar-refractivity contribution in [3.63, 3.8) is 0 Å². The average Bonchev–Trinajstić information content (AvgIpc) is 1.92. The molecule has 1 saturated heterocycles. The van der Waals surface area contributed by atoms with Gasteiger partial charge in [-0.15, -0.1) is 0 Å². The van der Waals surface area contributed by atoms with Crippen LogP contribution >= 0.6 is 0 Å². The number of rotatable bonds is 0. The molecule has 0 radical (unpaired) electrons. The first-order valence-electron chi connectivity index (χ1n) is 3.99. The van der Waals surface area contributed by atoms with Crippen molar-refractivity contribution < 1.29 is 13.2 Å². The summed E-state index contributed by atoms with van der Waals surface area (Å²) in [6.45, 7) is 1.85. The lowest BCUT2D eigenvalue weighted by atomic mass is 9.93. The van der Waals surface area contributed by atoms with Crippen LogP contribution in [0.5, 0.6) is 0 Å². The number of nitrogens with one attached hydrogen (secondary N) is 1. The Kier molecular flexibility index (Phi) is 2.63. The van der Waals surface area contributed by atoms with E-state index in [1.165, 1.54) is 0 Å². The maximum absolute atomic E-state index is 12.1. The Morgan fingerprint density at radius 2 is 1.92 bits per heavy atom. The highest BCUT2D eigenvalue weighted by atomic mass is 19.4. The fraction of sp³-hybridized carbons (Fsp3) is 1.00. The Morgan fingerprint density at radius 3 is 2.33 bits per heavy atom. The van der Waals surface area contributed by atoms with Crippen LogP contribution < -0.4 is 11.1 Å². The van der Waals surface area contributed by atoms with Crippen molar-refractivity contribution in [3.8, 4) is 0 Å². The second-order valence-electron chi connectivity index (χ2n) is 3.34. The molecule has 1 aliphatic heterocycles. The molecule has 0 saturated carbocycles. The third-order valence-electron chi connectivity index (χ3n) is 2.31. The average molecular weight is 182 g/mol. The van der Waals surface area contributed by atoms with Gasteiger partial charge in [-0.05, 0) is 18.8 Å². The summed E-state index contributed by atoms with van der Waals surface area (Å²) < 4.78 is 36.4. The minimum absolute atomic E-state index is 0.128. The summed E-state index contributed by atoms with van der Waals surface area (Å²) in [6, 6.07) is -1.41. The lowest BCUT2D eigenvalue weighted by molar-refractivity contribution is -0.165. The van der Waals surface area contributed by atoms with Gasteiger partial charge in [-0.3, -0.25) is 5.32 Å². The molecule has 3 unspecified atom stereocenters. The maximum Gasteiger partial charge on any atom is 0.403 e. The largest absolute Gasteiger partial charge is 0.403 e. The van der Waals surface area contributed by atoms with E-state index in [0.717, 1.165) is 0 Å². The van der Waals surface area contributed by atoms with Crippen molar-refractivity contribution in [1.29, 1.82) is 0 Å². The minimum Gasteiger partial charge on any atom is -0.316 e. The molecule has 5 heteroatoms. The number of alkyl halides is 3. The Hall–Kier alpha value is -0.290.